The maximum Gasteiger partial charge on any atom is 0.248 e. The van der Waals surface area contributed by atoms with Crippen molar-refractivity contribution < 1.29 is 27.5 Å². The molecule has 2 aliphatic carbocycles. The topological polar surface area (TPSA) is 139 Å². The molecule has 0 atom stereocenters. The van der Waals surface area contributed by atoms with E-state index in [0.717, 1.165) is 11.4 Å². The van der Waals surface area contributed by atoms with Crippen molar-refractivity contribution in [2.45, 2.75) is 116 Å². The van der Waals surface area contributed by atoms with Crippen molar-refractivity contribution in [3.63, 3.8) is 0 Å². The molecule has 0 aromatic carbocycles. The number of thiazole rings is 2. The molecular weight excluding hydrogens is 681 g/mol. The van der Waals surface area contributed by atoms with Gasteiger partial charge in [-0.2, -0.15) is 0 Å². The molecular formula is C33H40F4N8O2S2. The normalized spacial score (nSPS) is 18.0. The maximum atomic E-state index is 13.3. The molecule has 0 spiro atoms. The van der Waals surface area contributed by atoms with E-state index >= 15 is 0 Å². The Bertz CT molecular complexity index is 1760. The van der Waals surface area contributed by atoms with Gasteiger partial charge >= 0.3 is 0 Å². The van der Waals surface area contributed by atoms with Gasteiger partial charge in [-0.15, -0.1) is 22.7 Å². The number of nitrogens with zero attached hydrogens (tertiary/aromatic N) is 6. The Kier molecular flexibility index (Phi) is 11.0. The average molecular weight is 721 g/mol. The van der Waals surface area contributed by atoms with Crippen LogP contribution in [0.15, 0.2) is 22.9 Å². The summed E-state index contributed by atoms with van der Waals surface area (Å²) in [6, 6.07) is 3.11. The van der Waals surface area contributed by atoms with Crippen LogP contribution in [0.4, 0.5) is 29.2 Å². The molecule has 2 aliphatic rings. The van der Waals surface area contributed by atoms with Crippen molar-refractivity contribution in [1.29, 1.82) is 0 Å². The Morgan fingerprint density at radius 2 is 1.18 bits per heavy atom. The largest absolute Gasteiger partial charge is 0.384 e. The Hall–Kier alpha value is -3.63. The van der Waals surface area contributed by atoms with E-state index < -0.39 is 17.4 Å². The molecule has 0 aliphatic heterocycles. The number of aryl methyl sites for hydroxylation is 2. The van der Waals surface area contributed by atoms with Crippen LogP contribution in [0.3, 0.4) is 0 Å². The number of aliphatic hydroxyl groups is 1. The monoisotopic (exact) mass is 720 g/mol. The summed E-state index contributed by atoms with van der Waals surface area (Å²) < 4.78 is 53.2. The SMILES string of the molecule is CC(=O)c1cc(NC2CCC(F)(F)CC2)nc(-c2nc(C)cs2)n1.Cc1csc(-c2nc(NC3CCC(F)(F)CC3)cc(C(C)(C)O)n2)n1. The number of Topliss-reactive ketones (excluding diaryl/α,β-unsaturated/α-hetero) is 1. The molecule has 4 aromatic rings. The molecule has 4 heterocycles. The highest BCUT2D eigenvalue weighted by Crippen LogP contribution is 2.36. The maximum absolute atomic E-state index is 13.3. The third-order valence-electron chi connectivity index (χ3n) is 8.20. The summed E-state index contributed by atoms with van der Waals surface area (Å²) in [5, 5.41) is 21.8. The molecule has 16 heteroatoms. The van der Waals surface area contributed by atoms with Crippen LogP contribution in [-0.4, -0.2) is 64.7 Å². The van der Waals surface area contributed by atoms with Crippen LogP contribution in [0.5, 0.6) is 0 Å². The van der Waals surface area contributed by atoms with Crippen LogP contribution >= 0.6 is 22.7 Å². The van der Waals surface area contributed by atoms with Gasteiger partial charge in [0, 0.05) is 79.0 Å². The van der Waals surface area contributed by atoms with Crippen molar-refractivity contribution >= 4 is 40.1 Å². The Morgan fingerprint density at radius 3 is 1.57 bits per heavy atom. The summed E-state index contributed by atoms with van der Waals surface area (Å²) in [7, 11) is 0. The number of aromatic nitrogens is 6. The van der Waals surface area contributed by atoms with E-state index in [4.69, 9.17) is 0 Å². The number of carbonyl (C=O) groups is 1. The lowest BCUT2D eigenvalue weighted by atomic mass is 9.92. The van der Waals surface area contributed by atoms with Crippen molar-refractivity contribution in [2.75, 3.05) is 10.6 Å². The number of carbonyl (C=O) groups excluding carboxylic acids is 1. The quantitative estimate of drug-likeness (QED) is 0.121. The summed E-state index contributed by atoms with van der Waals surface area (Å²) >= 11 is 2.84. The Balaban J connectivity index is 0.000000191. The van der Waals surface area contributed by atoms with Crippen LogP contribution in [0.25, 0.3) is 21.7 Å². The number of rotatable bonds is 8. The first-order valence-corrected chi connectivity index (χ1v) is 17.9. The second-order valence-corrected chi connectivity index (χ2v) is 14.9. The van der Waals surface area contributed by atoms with Gasteiger partial charge < -0.3 is 15.7 Å². The summed E-state index contributed by atoms with van der Waals surface area (Å²) in [6.45, 7) is 8.50. The van der Waals surface area contributed by atoms with Crippen molar-refractivity contribution in [2.24, 2.45) is 0 Å². The lowest BCUT2D eigenvalue weighted by Gasteiger charge is -2.29. The standard InChI is InChI=1S/C17H22F2N4OS.C16H18F2N4OS/c1-10-9-25-15(20-10)14-22-12(16(2,3)24)8-13(23-14)21-11-4-6-17(18,19)7-5-11;1-9-8-24-15(19-9)14-21-12(10(2)23)7-13(22-14)20-11-3-5-16(17,18)6-4-11/h8-9,11,24H,4-7H2,1-3H3,(H,21,22,23);7-8,11H,3-6H2,1-2H3,(H,20,21,22). The molecule has 4 aromatic heterocycles. The summed E-state index contributed by atoms with van der Waals surface area (Å²) in [4.78, 5) is 38.1. The zero-order chi connectivity index (χ0) is 35.6. The van der Waals surface area contributed by atoms with Crippen molar-refractivity contribution in [3.05, 3.63) is 45.7 Å². The molecule has 0 bridgehead atoms. The number of alkyl halides is 4. The van der Waals surface area contributed by atoms with Gasteiger partial charge in [0.1, 0.15) is 22.9 Å². The van der Waals surface area contributed by atoms with Gasteiger partial charge in [0.15, 0.2) is 27.4 Å². The van der Waals surface area contributed by atoms with E-state index in [2.05, 4.69) is 40.5 Å². The highest BCUT2D eigenvalue weighted by molar-refractivity contribution is 7.13. The molecule has 3 N–H and O–H groups in total. The summed E-state index contributed by atoms with van der Waals surface area (Å²) in [5.74, 6) is -3.49. The highest BCUT2D eigenvalue weighted by atomic mass is 32.1. The predicted octanol–water partition coefficient (Wildman–Crippen LogP) is 8.23. The first-order valence-electron chi connectivity index (χ1n) is 16.1. The van der Waals surface area contributed by atoms with E-state index in [1.807, 2.05) is 24.6 Å². The minimum Gasteiger partial charge on any atom is -0.384 e. The van der Waals surface area contributed by atoms with Crippen molar-refractivity contribution in [1.82, 2.24) is 29.9 Å². The number of halogens is 4. The molecule has 0 saturated heterocycles. The van der Waals surface area contributed by atoms with Crippen LogP contribution in [0.1, 0.15) is 99.7 Å². The van der Waals surface area contributed by atoms with Gasteiger partial charge in [-0.1, -0.05) is 0 Å². The minimum atomic E-state index is -2.57. The molecule has 6 rings (SSSR count). The van der Waals surface area contributed by atoms with E-state index in [0.29, 0.717) is 64.7 Å². The third-order valence-corrected chi connectivity index (χ3v) is 10.1. The molecule has 264 valence electrons. The van der Waals surface area contributed by atoms with Gasteiger partial charge in [-0.3, -0.25) is 4.79 Å². The highest BCUT2D eigenvalue weighted by Gasteiger charge is 2.36. The summed E-state index contributed by atoms with van der Waals surface area (Å²) in [6.07, 6.45) is 1.03. The fourth-order valence-electron chi connectivity index (χ4n) is 5.43. The third kappa shape index (κ3) is 10.2. The van der Waals surface area contributed by atoms with Crippen LogP contribution in [0.2, 0.25) is 0 Å². The molecule has 0 radical (unpaired) electrons. The first-order chi connectivity index (χ1) is 22.9. The molecule has 49 heavy (non-hydrogen) atoms. The Labute approximate surface area is 290 Å². The predicted molar refractivity (Wildman–Crippen MR) is 183 cm³/mol. The number of nitrogens with one attached hydrogen (secondary N) is 2. The zero-order valence-electron chi connectivity index (χ0n) is 28.0. The van der Waals surface area contributed by atoms with Gasteiger partial charge in [0.05, 0.1) is 5.69 Å². The van der Waals surface area contributed by atoms with E-state index in [1.165, 1.54) is 29.6 Å². The number of hydrogen-bond donors (Lipinski definition) is 3. The number of hydrogen-bond acceptors (Lipinski definition) is 12. The molecule has 0 amide bonds. The van der Waals surface area contributed by atoms with Crippen LogP contribution in [0, 0.1) is 13.8 Å². The second kappa shape index (κ2) is 14.7. The fourth-order valence-corrected chi connectivity index (χ4v) is 6.88. The molecule has 0 unspecified atom stereocenters. The van der Waals surface area contributed by atoms with Crippen molar-refractivity contribution in [3.8, 4) is 21.7 Å². The van der Waals surface area contributed by atoms with Crippen LogP contribution in [-0.2, 0) is 5.60 Å². The second-order valence-electron chi connectivity index (χ2n) is 13.2. The lowest BCUT2D eigenvalue weighted by Crippen LogP contribution is -2.32. The molecule has 2 saturated carbocycles. The van der Waals surface area contributed by atoms with Gasteiger partial charge in [0.2, 0.25) is 11.8 Å². The van der Waals surface area contributed by atoms with E-state index in [9.17, 15) is 27.5 Å². The van der Waals surface area contributed by atoms with Gasteiger partial charge in [-0.25, -0.2) is 47.5 Å². The molecule has 10 nitrogen and oxygen atoms in total. The Morgan fingerprint density at radius 1 is 0.755 bits per heavy atom. The van der Waals surface area contributed by atoms with E-state index in [-0.39, 0.29) is 49.2 Å². The fraction of sp³-hybridized carbons (Fsp3) is 0.545. The summed E-state index contributed by atoms with van der Waals surface area (Å²) in [5.41, 5.74) is 1.35. The van der Waals surface area contributed by atoms with E-state index in [1.54, 1.807) is 26.0 Å². The van der Waals surface area contributed by atoms with Gasteiger partial charge in [0.25, 0.3) is 0 Å². The average Bonchev–Trinajstić information content (AvgIpc) is 3.67. The number of ketones is 1. The first kappa shape index (κ1) is 36.6. The zero-order valence-corrected chi connectivity index (χ0v) is 29.6. The lowest BCUT2D eigenvalue weighted by molar-refractivity contribution is -0.0366. The molecule has 2 fully saturated rings. The smallest absolute Gasteiger partial charge is 0.248 e. The minimum absolute atomic E-state index is 0.0601. The van der Waals surface area contributed by atoms with Gasteiger partial charge in [-0.05, 0) is 53.4 Å². The van der Waals surface area contributed by atoms with Crippen LogP contribution < -0.4 is 10.6 Å². The number of anilines is 2.